The fourth-order valence-electron chi connectivity index (χ4n) is 2.69. The first-order valence-electron chi connectivity index (χ1n) is 7.90. The van der Waals surface area contributed by atoms with Crippen LogP contribution in [0.1, 0.15) is 11.4 Å². The van der Waals surface area contributed by atoms with Crippen molar-refractivity contribution in [3.05, 3.63) is 59.8 Å². The highest BCUT2D eigenvalue weighted by atomic mass is 19.1. The molecule has 130 valence electrons. The van der Waals surface area contributed by atoms with Gasteiger partial charge in [-0.1, -0.05) is 18.2 Å². The monoisotopic (exact) mass is 351 g/mol. The molecule has 0 saturated carbocycles. The summed E-state index contributed by atoms with van der Waals surface area (Å²) in [6, 6.07) is 10.2. The highest BCUT2D eigenvalue weighted by Gasteiger charge is 2.17. The number of H-pyrrole nitrogens is 1. The predicted octanol–water partition coefficient (Wildman–Crippen LogP) is 1.65. The third kappa shape index (κ3) is 2.90. The Morgan fingerprint density at radius 1 is 1.23 bits per heavy atom. The molecule has 0 aliphatic rings. The molecular weight excluding hydrogens is 337 g/mol. The van der Waals surface area contributed by atoms with Crippen molar-refractivity contribution >= 4 is 17.4 Å². The molecule has 4 aromatic rings. The van der Waals surface area contributed by atoms with Crippen LogP contribution in [-0.4, -0.2) is 36.4 Å². The van der Waals surface area contributed by atoms with Crippen LogP contribution in [0.3, 0.4) is 0 Å². The third-order valence-corrected chi connectivity index (χ3v) is 3.88. The topological polar surface area (TPSA) is 101 Å². The van der Waals surface area contributed by atoms with Gasteiger partial charge in [0.05, 0.1) is 18.5 Å². The highest BCUT2D eigenvalue weighted by molar-refractivity contribution is 5.89. The summed E-state index contributed by atoms with van der Waals surface area (Å²) in [6.45, 7) is 0.479. The molecule has 0 unspecified atom stereocenters. The van der Waals surface area contributed by atoms with Crippen molar-refractivity contribution in [2.24, 2.45) is 0 Å². The minimum atomic E-state index is -0.297. The number of carbonyl (C=O) groups is 1. The average Bonchev–Trinajstić information content (AvgIpc) is 3.27. The molecule has 0 aliphatic carbocycles. The Bertz CT molecular complexity index is 1070. The summed E-state index contributed by atoms with van der Waals surface area (Å²) in [4.78, 5) is 19.1. The Hall–Kier alpha value is -3.62. The number of nitrogens with one attached hydrogen (secondary N) is 2. The Labute approximate surface area is 147 Å². The second kappa shape index (κ2) is 6.71. The summed E-state index contributed by atoms with van der Waals surface area (Å²) >= 11 is 0. The second-order valence-electron chi connectivity index (χ2n) is 5.58. The van der Waals surface area contributed by atoms with Crippen molar-refractivity contribution in [3.8, 4) is 11.5 Å². The quantitative estimate of drug-likeness (QED) is 0.514. The van der Waals surface area contributed by atoms with Crippen LogP contribution >= 0.6 is 0 Å². The van der Waals surface area contributed by atoms with E-state index >= 15 is 0 Å². The number of carbonyl (C=O) groups excluding carboxylic acids is 1. The van der Waals surface area contributed by atoms with Crippen LogP contribution in [0.5, 0.6) is 0 Å². The minimum absolute atomic E-state index is 0.239. The number of hydrogen-bond acceptors (Lipinski definition) is 5. The van der Waals surface area contributed by atoms with Gasteiger partial charge in [-0.05, 0) is 18.2 Å². The van der Waals surface area contributed by atoms with E-state index in [4.69, 9.17) is 0 Å². The van der Waals surface area contributed by atoms with Gasteiger partial charge in [0.2, 0.25) is 12.2 Å². The molecule has 0 aliphatic heterocycles. The number of fused-ring (bicyclic) bond motifs is 1. The van der Waals surface area contributed by atoms with Crippen LogP contribution in [0.15, 0.2) is 42.6 Å². The fourth-order valence-corrected chi connectivity index (χ4v) is 2.69. The maximum Gasteiger partial charge on any atom is 0.207 e. The van der Waals surface area contributed by atoms with E-state index in [1.807, 2.05) is 6.07 Å². The summed E-state index contributed by atoms with van der Waals surface area (Å²) in [6.07, 6.45) is 2.24. The lowest BCUT2D eigenvalue weighted by atomic mass is 10.2. The summed E-state index contributed by atoms with van der Waals surface area (Å²) < 4.78 is 15.6. The van der Waals surface area contributed by atoms with Gasteiger partial charge in [0.25, 0.3) is 0 Å². The Morgan fingerprint density at radius 2 is 2.12 bits per heavy atom. The maximum absolute atomic E-state index is 14.0. The number of aromatic nitrogens is 6. The molecule has 26 heavy (non-hydrogen) atoms. The van der Waals surface area contributed by atoms with E-state index in [0.29, 0.717) is 35.0 Å². The zero-order valence-corrected chi connectivity index (χ0v) is 13.6. The Balaban J connectivity index is 1.75. The van der Waals surface area contributed by atoms with Crippen molar-refractivity contribution in [1.82, 2.24) is 35.3 Å². The zero-order valence-electron chi connectivity index (χ0n) is 13.6. The van der Waals surface area contributed by atoms with E-state index in [0.717, 1.165) is 5.39 Å². The molecule has 3 aromatic heterocycles. The van der Waals surface area contributed by atoms with Crippen molar-refractivity contribution in [2.75, 3.05) is 0 Å². The van der Waals surface area contributed by atoms with Gasteiger partial charge in [-0.25, -0.2) is 19.0 Å². The first kappa shape index (κ1) is 15.9. The second-order valence-corrected chi connectivity index (χ2v) is 5.58. The number of amides is 1. The van der Waals surface area contributed by atoms with Gasteiger partial charge in [0.1, 0.15) is 17.3 Å². The number of nitrogens with zero attached hydrogens (tertiary/aromatic N) is 5. The van der Waals surface area contributed by atoms with E-state index in [1.54, 1.807) is 35.1 Å². The molecule has 8 nitrogen and oxygen atoms in total. The van der Waals surface area contributed by atoms with Crippen LogP contribution in [0.2, 0.25) is 0 Å². The smallest absolute Gasteiger partial charge is 0.207 e. The van der Waals surface area contributed by atoms with E-state index in [-0.39, 0.29) is 18.9 Å². The summed E-state index contributed by atoms with van der Waals surface area (Å²) in [5.74, 6) is 0.597. The fraction of sp³-hybridized carbons (Fsp3) is 0.118. The SMILES string of the molecule is O=CNCc1nc(-c2nn(Cc3ccccc3F)c3ncccc23)n[nH]1. The molecule has 0 saturated heterocycles. The normalized spacial score (nSPS) is 11.0. The van der Waals surface area contributed by atoms with E-state index < -0.39 is 0 Å². The lowest BCUT2D eigenvalue weighted by Crippen LogP contribution is -2.10. The molecule has 0 radical (unpaired) electrons. The van der Waals surface area contributed by atoms with Gasteiger partial charge >= 0.3 is 0 Å². The molecule has 2 N–H and O–H groups in total. The molecule has 1 amide bonds. The van der Waals surface area contributed by atoms with Crippen molar-refractivity contribution in [3.63, 3.8) is 0 Å². The number of halogens is 1. The van der Waals surface area contributed by atoms with Crippen LogP contribution in [0.4, 0.5) is 4.39 Å². The first-order valence-corrected chi connectivity index (χ1v) is 7.90. The molecule has 0 atom stereocenters. The van der Waals surface area contributed by atoms with Crippen LogP contribution in [-0.2, 0) is 17.9 Å². The lowest BCUT2D eigenvalue weighted by Gasteiger charge is -2.04. The number of rotatable bonds is 6. The molecule has 1 aromatic carbocycles. The first-order chi connectivity index (χ1) is 12.8. The predicted molar refractivity (Wildman–Crippen MR) is 91.3 cm³/mol. The molecular formula is C17H14FN7O. The van der Waals surface area contributed by atoms with Crippen LogP contribution in [0, 0.1) is 5.82 Å². The molecule has 0 spiro atoms. The highest BCUT2D eigenvalue weighted by Crippen LogP contribution is 2.25. The van der Waals surface area contributed by atoms with E-state index in [2.05, 4.69) is 30.6 Å². The minimum Gasteiger partial charge on any atom is -0.351 e. The van der Waals surface area contributed by atoms with Gasteiger partial charge in [0, 0.05) is 11.8 Å². The number of hydrogen-bond donors (Lipinski definition) is 2. The van der Waals surface area contributed by atoms with Crippen molar-refractivity contribution < 1.29 is 9.18 Å². The standard InChI is InChI=1S/C17H14FN7O/c18-13-6-2-1-4-11(13)9-25-17-12(5-3-7-20-17)15(24-25)16-21-14(22-23-16)8-19-10-26/h1-7,10H,8-9H2,(H,19,26)(H,21,22,23). The maximum atomic E-state index is 14.0. The average molecular weight is 351 g/mol. The van der Waals surface area contributed by atoms with Gasteiger partial charge in [-0.3, -0.25) is 9.89 Å². The van der Waals surface area contributed by atoms with Gasteiger partial charge in [0.15, 0.2) is 5.65 Å². The lowest BCUT2D eigenvalue weighted by molar-refractivity contribution is -0.109. The zero-order chi connectivity index (χ0) is 17.9. The third-order valence-electron chi connectivity index (χ3n) is 3.88. The van der Waals surface area contributed by atoms with E-state index in [1.165, 1.54) is 6.07 Å². The largest absolute Gasteiger partial charge is 0.351 e. The van der Waals surface area contributed by atoms with E-state index in [9.17, 15) is 9.18 Å². The Kier molecular flexibility index (Phi) is 4.10. The van der Waals surface area contributed by atoms with Gasteiger partial charge in [-0.2, -0.15) is 10.2 Å². The van der Waals surface area contributed by atoms with Gasteiger partial charge in [-0.15, -0.1) is 0 Å². The Morgan fingerprint density at radius 3 is 2.96 bits per heavy atom. The number of pyridine rings is 1. The molecule has 4 rings (SSSR count). The molecule has 9 heteroatoms. The van der Waals surface area contributed by atoms with Crippen LogP contribution in [0.25, 0.3) is 22.6 Å². The molecule has 0 bridgehead atoms. The molecule has 0 fully saturated rings. The number of benzene rings is 1. The number of aromatic amines is 1. The summed E-state index contributed by atoms with van der Waals surface area (Å²) in [7, 11) is 0. The van der Waals surface area contributed by atoms with Gasteiger partial charge < -0.3 is 5.32 Å². The summed E-state index contributed by atoms with van der Waals surface area (Å²) in [5, 5.41) is 14.7. The van der Waals surface area contributed by atoms with Crippen molar-refractivity contribution in [1.29, 1.82) is 0 Å². The van der Waals surface area contributed by atoms with Crippen LogP contribution < -0.4 is 5.32 Å². The van der Waals surface area contributed by atoms with Crippen molar-refractivity contribution in [2.45, 2.75) is 13.1 Å². The summed E-state index contributed by atoms with van der Waals surface area (Å²) in [5.41, 5.74) is 1.67. The molecule has 3 heterocycles.